The first-order chi connectivity index (χ1) is 8.52. The molecule has 0 heterocycles. The Hall–Kier alpha value is -1.67. The molecule has 98 valence electrons. The van der Waals surface area contributed by atoms with Crippen molar-refractivity contribution in [2.24, 2.45) is 0 Å². The van der Waals surface area contributed by atoms with Crippen molar-refractivity contribution < 1.29 is 13.5 Å². The number of nitrogens with zero attached hydrogens (tertiary/aromatic N) is 1. The van der Waals surface area contributed by atoms with Crippen LogP contribution in [0, 0.1) is 23.0 Å². The summed E-state index contributed by atoms with van der Waals surface area (Å²) in [6.45, 7) is 4.07. The van der Waals surface area contributed by atoms with Gasteiger partial charge in [-0.05, 0) is 26.0 Å². The fraction of sp³-hybridized carbons (Fsp3) is 0.462. The monoisotopic (exact) mass is 254 g/mol. The number of nitriles is 1. The summed E-state index contributed by atoms with van der Waals surface area (Å²) < 4.78 is 31.0. The van der Waals surface area contributed by atoms with Gasteiger partial charge in [-0.1, -0.05) is 0 Å². The topological polar surface area (TPSA) is 45.0 Å². The van der Waals surface area contributed by atoms with Gasteiger partial charge in [-0.15, -0.1) is 0 Å². The molecular weight excluding hydrogens is 238 g/mol. The Morgan fingerprint density at radius 3 is 2.67 bits per heavy atom. The largest absolute Gasteiger partial charge is 0.490 e. The molecule has 1 aromatic carbocycles. The zero-order valence-corrected chi connectivity index (χ0v) is 10.4. The molecule has 1 unspecified atom stereocenters. The van der Waals surface area contributed by atoms with Gasteiger partial charge in [-0.3, -0.25) is 5.32 Å². The summed E-state index contributed by atoms with van der Waals surface area (Å²) in [6, 6.07) is 5.09. The highest BCUT2D eigenvalue weighted by Gasteiger charge is 2.10. The van der Waals surface area contributed by atoms with Gasteiger partial charge in [-0.25, -0.2) is 8.78 Å². The fourth-order valence-electron chi connectivity index (χ4n) is 1.47. The average Bonchev–Trinajstić information content (AvgIpc) is 2.30. The molecule has 0 saturated heterocycles. The van der Waals surface area contributed by atoms with E-state index in [1.165, 1.54) is 6.07 Å². The van der Waals surface area contributed by atoms with Crippen molar-refractivity contribution in [3.8, 4) is 11.8 Å². The van der Waals surface area contributed by atoms with Gasteiger partial charge in [0, 0.05) is 18.5 Å². The summed E-state index contributed by atoms with van der Waals surface area (Å²) in [5.41, 5.74) is 0. The highest BCUT2D eigenvalue weighted by Crippen LogP contribution is 2.17. The van der Waals surface area contributed by atoms with Crippen molar-refractivity contribution in [1.29, 1.82) is 5.26 Å². The van der Waals surface area contributed by atoms with Crippen LogP contribution in [0.5, 0.6) is 5.75 Å². The zero-order chi connectivity index (χ0) is 13.5. The Bertz CT molecular complexity index is 429. The lowest BCUT2D eigenvalue weighted by Gasteiger charge is -2.14. The highest BCUT2D eigenvalue weighted by atomic mass is 19.1. The standard InChI is InChI=1S/C13H16F2N2O/c1-9(2)17-11(8-16)5-6-18-13-4-3-10(14)7-12(13)15/h3-4,7,9,11,17H,5-6H2,1-2H3. The molecule has 1 N–H and O–H groups in total. The minimum atomic E-state index is -0.736. The average molecular weight is 254 g/mol. The first-order valence-electron chi connectivity index (χ1n) is 5.76. The molecule has 0 fully saturated rings. The van der Waals surface area contributed by atoms with Gasteiger partial charge < -0.3 is 4.74 Å². The number of rotatable bonds is 6. The van der Waals surface area contributed by atoms with E-state index in [0.29, 0.717) is 6.42 Å². The predicted octanol–water partition coefficient (Wildman–Crippen LogP) is 2.62. The van der Waals surface area contributed by atoms with E-state index in [1.54, 1.807) is 0 Å². The number of hydrogen-bond acceptors (Lipinski definition) is 3. The molecule has 0 aromatic heterocycles. The van der Waals surface area contributed by atoms with Crippen LogP contribution in [-0.4, -0.2) is 18.7 Å². The normalized spacial score (nSPS) is 12.2. The van der Waals surface area contributed by atoms with Gasteiger partial charge in [0.15, 0.2) is 11.6 Å². The number of benzene rings is 1. The maximum atomic E-state index is 13.2. The molecule has 0 aliphatic rings. The molecule has 3 nitrogen and oxygen atoms in total. The molecule has 0 bridgehead atoms. The summed E-state index contributed by atoms with van der Waals surface area (Å²) in [5.74, 6) is -1.38. The van der Waals surface area contributed by atoms with Gasteiger partial charge in [0.1, 0.15) is 5.82 Å². The maximum absolute atomic E-state index is 13.2. The molecule has 5 heteroatoms. The van der Waals surface area contributed by atoms with Crippen molar-refractivity contribution in [2.45, 2.75) is 32.4 Å². The van der Waals surface area contributed by atoms with Gasteiger partial charge >= 0.3 is 0 Å². The second kappa shape index (κ2) is 6.92. The number of ether oxygens (including phenoxy) is 1. The molecule has 0 aliphatic carbocycles. The lowest BCUT2D eigenvalue weighted by molar-refractivity contribution is 0.281. The van der Waals surface area contributed by atoms with Gasteiger partial charge in [0.2, 0.25) is 0 Å². The van der Waals surface area contributed by atoms with E-state index in [9.17, 15) is 8.78 Å². The summed E-state index contributed by atoms with van der Waals surface area (Å²) in [7, 11) is 0. The smallest absolute Gasteiger partial charge is 0.167 e. The van der Waals surface area contributed by atoms with Crippen LogP contribution in [0.25, 0.3) is 0 Å². The van der Waals surface area contributed by atoms with E-state index < -0.39 is 11.6 Å². The van der Waals surface area contributed by atoms with Crippen LogP contribution in [-0.2, 0) is 0 Å². The van der Waals surface area contributed by atoms with Crippen LogP contribution in [0.3, 0.4) is 0 Å². The Balaban J connectivity index is 2.43. The molecule has 0 saturated carbocycles. The quantitative estimate of drug-likeness (QED) is 0.848. The van der Waals surface area contributed by atoms with Crippen LogP contribution in [0.15, 0.2) is 18.2 Å². The SMILES string of the molecule is CC(C)NC(C#N)CCOc1ccc(F)cc1F. The maximum Gasteiger partial charge on any atom is 0.167 e. The molecule has 0 radical (unpaired) electrons. The van der Waals surface area contributed by atoms with Crippen molar-refractivity contribution in [2.75, 3.05) is 6.61 Å². The molecule has 1 atom stereocenters. The van der Waals surface area contributed by atoms with Crippen LogP contribution in [0.2, 0.25) is 0 Å². The van der Waals surface area contributed by atoms with E-state index in [2.05, 4.69) is 11.4 Å². The van der Waals surface area contributed by atoms with Crippen LogP contribution in [0.4, 0.5) is 8.78 Å². The van der Waals surface area contributed by atoms with E-state index in [1.807, 2.05) is 13.8 Å². The van der Waals surface area contributed by atoms with Crippen LogP contribution >= 0.6 is 0 Å². The number of nitrogens with one attached hydrogen (secondary N) is 1. The number of hydrogen-bond donors (Lipinski definition) is 1. The van der Waals surface area contributed by atoms with Gasteiger partial charge in [0.05, 0.1) is 18.7 Å². The summed E-state index contributed by atoms with van der Waals surface area (Å²) in [5, 5.41) is 11.9. The third-order valence-electron chi connectivity index (χ3n) is 2.25. The second-order valence-electron chi connectivity index (χ2n) is 4.21. The lowest BCUT2D eigenvalue weighted by atomic mass is 10.2. The first kappa shape index (κ1) is 14.4. The predicted molar refractivity (Wildman–Crippen MR) is 64.1 cm³/mol. The molecular formula is C13H16F2N2O. The van der Waals surface area contributed by atoms with E-state index >= 15 is 0 Å². The Morgan fingerprint density at radius 2 is 2.11 bits per heavy atom. The van der Waals surface area contributed by atoms with E-state index in [0.717, 1.165) is 12.1 Å². The second-order valence-corrected chi connectivity index (χ2v) is 4.21. The zero-order valence-electron chi connectivity index (χ0n) is 10.4. The Labute approximate surface area is 105 Å². The van der Waals surface area contributed by atoms with Gasteiger partial charge in [-0.2, -0.15) is 5.26 Å². The molecule has 0 spiro atoms. The van der Waals surface area contributed by atoms with Crippen molar-refractivity contribution in [1.82, 2.24) is 5.32 Å². The fourth-order valence-corrected chi connectivity index (χ4v) is 1.47. The molecule has 18 heavy (non-hydrogen) atoms. The lowest BCUT2D eigenvalue weighted by Crippen LogP contribution is -2.34. The molecule has 0 aliphatic heterocycles. The Morgan fingerprint density at radius 1 is 1.39 bits per heavy atom. The molecule has 1 aromatic rings. The Kier molecular flexibility index (Phi) is 5.53. The minimum Gasteiger partial charge on any atom is -0.490 e. The summed E-state index contributed by atoms with van der Waals surface area (Å²) >= 11 is 0. The highest BCUT2D eigenvalue weighted by molar-refractivity contribution is 5.24. The van der Waals surface area contributed by atoms with Crippen molar-refractivity contribution in [3.63, 3.8) is 0 Å². The molecule has 0 amide bonds. The summed E-state index contributed by atoms with van der Waals surface area (Å²) in [4.78, 5) is 0. The third-order valence-corrected chi connectivity index (χ3v) is 2.25. The third kappa shape index (κ3) is 4.68. The van der Waals surface area contributed by atoms with Crippen LogP contribution in [0.1, 0.15) is 20.3 Å². The van der Waals surface area contributed by atoms with E-state index in [-0.39, 0.29) is 24.4 Å². The first-order valence-corrected chi connectivity index (χ1v) is 5.76. The molecule has 1 rings (SSSR count). The van der Waals surface area contributed by atoms with Crippen molar-refractivity contribution in [3.05, 3.63) is 29.8 Å². The minimum absolute atomic E-state index is 0.00219. The van der Waals surface area contributed by atoms with Crippen LogP contribution < -0.4 is 10.1 Å². The number of halogens is 2. The van der Waals surface area contributed by atoms with Crippen molar-refractivity contribution >= 4 is 0 Å². The van der Waals surface area contributed by atoms with E-state index in [4.69, 9.17) is 10.00 Å². The summed E-state index contributed by atoms with van der Waals surface area (Å²) in [6.07, 6.45) is 0.436. The van der Waals surface area contributed by atoms with Gasteiger partial charge in [0.25, 0.3) is 0 Å².